The second-order valence-corrected chi connectivity index (χ2v) is 5.23. The van der Waals surface area contributed by atoms with Crippen LogP contribution in [0.15, 0.2) is 6.07 Å². The molecule has 6 heteroatoms. The average Bonchev–Trinajstić information content (AvgIpc) is 2.67. The number of aromatic nitrogens is 2. The molecule has 1 aliphatic heterocycles. The van der Waals surface area contributed by atoms with Gasteiger partial charge in [0, 0.05) is 26.1 Å². The minimum atomic E-state index is 0.0412. The first kappa shape index (κ1) is 13.0. The molecule has 18 heavy (non-hydrogen) atoms. The second kappa shape index (κ2) is 5.06. The first-order valence-corrected chi connectivity index (χ1v) is 6.49. The molecule has 0 aliphatic carbocycles. The van der Waals surface area contributed by atoms with Gasteiger partial charge in [-0.2, -0.15) is 5.10 Å². The largest absolute Gasteiger partial charge is 0.393 e. The van der Waals surface area contributed by atoms with Gasteiger partial charge >= 0.3 is 0 Å². The number of hydrogen-bond acceptors (Lipinski definition) is 3. The van der Waals surface area contributed by atoms with Crippen LogP contribution < -0.4 is 5.73 Å². The maximum Gasteiger partial charge on any atom is 0.272 e. The summed E-state index contributed by atoms with van der Waals surface area (Å²) in [4.78, 5) is 14.7. The van der Waals surface area contributed by atoms with E-state index in [1.807, 2.05) is 17.9 Å². The molecule has 5 nitrogen and oxygen atoms in total. The van der Waals surface area contributed by atoms with Gasteiger partial charge in [-0.3, -0.25) is 9.48 Å². The lowest BCUT2D eigenvalue weighted by atomic mass is 9.97. The van der Waals surface area contributed by atoms with Gasteiger partial charge in [0.2, 0.25) is 0 Å². The normalized spacial score (nSPS) is 16.9. The lowest BCUT2D eigenvalue weighted by Crippen LogP contribution is -2.41. The quantitative estimate of drug-likeness (QED) is 0.807. The Balaban J connectivity index is 2.04. The van der Waals surface area contributed by atoms with Gasteiger partial charge in [0.15, 0.2) is 0 Å². The van der Waals surface area contributed by atoms with Crippen molar-refractivity contribution in [3.8, 4) is 0 Å². The average molecular weight is 266 g/mol. The van der Waals surface area contributed by atoms with Crippen LogP contribution in [-0.4, -0.2) is 38.7 Å². The van der Waals surface area contributed by atoms with Gasteiger partial charge in [0.1, 0.15) is 5.69 Å². The van der Waals surface area contributed by atoms with Crippen LogP contribution in [0.4, 0.5) is 0 Å². The van der Waals surface area contributed by atoms with Crippen molar-refractivity contribution in [1.82, 2.24) is 14.7 Å². The van der Waals surface area contributed by atoms with Crippen LogP contribution in [0.2, 0.25) is 0 Å². The number of likely N-dealkylation sites (tertiary alicyclic amines) is 1. The Kier molecular flexibility index (Phi) is 3.65. The van der Waals surface area contributed by atoms with E-state index in [-0.39, 0.29) is 11.8 Å². The first-order valence-electron chi connectivity index (χ1n) is 6.08. The summed E-state index contributed by atoms with van der Waals surface area (Å²) >= 11 is 5.00. The molecule has 1 aliphatic rings. The summed E-state index contributed by atoms with van der Waals surface area (Å²) in [6.07, 6.45) is 1.72. The van der Waals surface area contributed by atoms with E-state index < -0.39 is 0 Å². The minimum Gasteiger partial charge on any atom is -0.393 e. The topological polar surface area (TPSA) is 64.2 Å². The van der Waals surface area contributed by atoms with Crippen LogP contribution >= 0.6 is 12.2 Å². The Morgan fingerprint density at radius 2 is 2.11 bits per heavy atom. The number of thiocarbonyl (C=S) groups is 1. The van der Waals surface area contributed by atoms with Crippen molar-refractivity contribution in [2.24, 2.45) is 18.7 Å². The molecule has 0 atom stereocenters. The van der Waals surface area contributed by atoms with Gasteiger partial charge in [-0.25, -0.2) is 0 Å². The Morgan fingerprint density at radius 3 is 2.56 bits per heavy atom. The molecule has 0 bridgehead atoms. The van der Waals surface area contributed by atoms with Gasteiger partial charge in [0.05, 0.1) is 10.7 Å². The van der Waals surface area contributed by atoms with Gasteiger partial charge in [0.25, 0.3) is 5.91 Å². The number of piperidine rings is 1. The van der Waals surface area contributed by atoms with E-state index in [4.69, 9.17) is 18.0 Å². The van der Waals surface area contributed by atoms with E-state index in [0.29, 0.717) is 23.8 Å². The molecule has 2 heterocycles. The molecule has 1 aromatic rings. The summed E-state index contributed by atoms with van der Waals surface area (Å²) in [7, 11) is 1.79. The zero-order chi connectivity index (χ0) is 13.3. The summed E-state index contributed by atoms with van der Waals surface area (Å²) in [6, 6.07) is 1.82. The fourth-order valence-corrected chi connectivity index (χ4v) is 2.58. The predicted octanol–water partition coefficient (Wildman–Crippen LogP) is 0.867. The van der Waals surface area contributed by atoms with Crippen LogP contribution in [0.3, 0.4) is 0 Å². The van der Waals surface area contributed by atoms with E-state index in [2.05, 4.69) is 5.10 Å². The van der Waals surface area contributed by atoms with Crippen molar-refractivity contribution >= 4 is 23.1 Å². The highest BCUT2D eigenvalue weighted by Crippen LogP contribution is 2.19. The molecule has 0 aromatic carbocycles. The van der Waals surface area contributed by atoms with E-state index in [0.717, 1.165) is 18.5 Å². The van der Waals surface area contributed by atoms with Gasteiger partial charge in [-0.1, -0.05) is 12.2 Å². The SMILES string of the molecule is Cc1cc(C(=O)N2CCC(C(N)=S)CC2)n(C)n1. The van der Waals surface area contributed by atoms with E-state index in [1.165, 1.54) is 0 Å². The summed E-state index contributed by atoms with van der Waals surface area (Å²) in [5.41, 5.74) is 7.14. The molecule has 0 radical (unpaired) electrons. The van der Waals surface area contributed by atoms with Crippen molar-refractivity contribution in [3.63, 3.8) is 0 Å². The van der Waals surface area contributed by atoms with Crippen molar-refractivity contribution in [3.05, 3.63) is 17.5 Å². The molecule has 1 fully saturated rings. The second-order valence-electron chi connectivity index (χ2n) is 4.76. The number of carbonyl (C=O) groups is 1. The Hall–Kier alpha value is -1.43. The number of hydrogen-bond donors (Lipinski definition) is 1. The molecule has 2 rings (SSSR count). The highest BCUT2D eigenvalue weighted by molar-refractivity contribution is 7.80. The lowest BCUT2D eigenvalue weighted by Gasteiger charge is -2.31. The third-order valence-electron chi connectivity index (χ3n) is 3.41. The molecule has 0 unspecified atom stereocenters. The minimum absolute atomic E-state index is 0.0412. The molecule has 1 aromatic heterocycles. The predicted molar refractivity (Wildman–Crippen MR) is 73.4 cm³/mol. The van der Waals surface area contributed by atoms with Crippen molar-refractivity contribution in [2.45, 2.75) is 19.8 Å². The van der Waals surface area contributed by atoms with E-state index in [9.17, 15) is 4.79 Å². The Bertz CT molecular complexity index is 474. The molecule has 0 spiro atoms. The number of rotatable bonds is 2. The monoisotopic (exact) mass is 266 g/mol. The van der Waals surface area contributed by atoms with E-state index in [1.54, 1.807) is 11.7 Å². The number of nitrogens with two attached hydrogens (primary N) is 1. The molecular formula is C12H18N4OS. The molecular weight excluding hydrogens is 248 g/mol. The summed E-state index contributed by atoms with van der Waals surface area (Å²) in [5.74, 6) is 0.316. The smallest absolute Gasteiger partial charge is 0.272 e. The molecule has 2 N–H and O–H groups in total. The van der Waals surface area contributed by atoms with Crippen LogP contribution in [0, 0.1) is 12.8 Å². The molecule has 98 valence electrons. The fourth-order valence-electron chi connectivity index (χ4n) is 2.34. The number of nitrogens with zero attached hydrogens (tertiary/aromatic N) is 3. The number of carbonyl (C=O) groups excluding carboxylic acids is 1. The maximum absolute atomic E-state index is 12.3. The van der Waals surface area contributed by atoms with Gasteiger partial charge in [-0.05, 0) is 25.8 Å². The molecule has 1 saturated heterocycles. The van der Waals surface area contributed by atoms with E-state index >= 15 is 0 Å². The van der Waals surface area contributed by atoms with Crippen LogP contribution in [0.5, 0.6) is 0 Å². The Morgan fingerprint density at radius 1 is 1.50 bits per heavy atom. The Labute approximate surface area is 112 Å². The standard InChI is InChI=1S/C12H18N4OS/c1-8-7-10(15(2)14-8)12(17)16-5-3-9(4-6-16)11(13)18/h7,9H,3-6H2,1-2H3,(H2,13,18). The van der Waals surface area contributed by atoms with Crippen LogP contribution in [0.25, 0.3) is 0 Å². The maximum atomic E-state index is 12.3. The van der Waals surface area contributed by atoms with Crippen molar-refractivity contribution < 1.29 is 4.79 Å². The van der Waals surface area contributed by atoms with Gasteiger partial charge in [-0.15, -0.1) is 0 Å². The third-order valence-corrected chi connectivity index (χ3v) is 3.74. The highest BCUT2D eigenvalue weighted by Gasteiger charge is 2.26. The van der Waals surface area contributed by atoms with Gasteiger partial charge < -0.3 is 10.6 Å². The fraction of sp³-hybridized carbons (Fsp3) is 0.583. The number of amides is 1. The summed E-state index contributed by atoms with van der Waals surface area (Å²) in [6.45, 7) is 3.31. The number of aryl methyl sites for hydroxylation is 2. The zero-order valence-electron chi connectivity index (χ0n) is 10.7. The lowest BCUT2D eigenvalue weighted by molar-refractivity contribution is 0.0699. The third kappa shape index (κ3) is 2.53. The highest BCUT2D eigenvalue weighted by atomic mass is 32.1. The molecule has 0 saturated carbocycles. The summed E-state index contributed by atoms with van der Waals surface area (Å²) < 4.78 is 1.64. The van der Waals surface area contributed by atoms with Crippen molar-refractivity contribution in [1.29, 1.82) is 0 Å². The zero-order valence-corrected chi connectivity index (χ0v) is 11.5. The summed E-state index contributed by atoms with van der Waals surface area (Å²) in [5, 5.41) is 4.20. The van der Waals surface area contributed by atoms with Crippen molar-refractivity contribution in [2.75, 3.05) is 13.1 Å². The molecule has 1 amide bonds. The first-order chi connectivity index (χ1) is 8.49. The van der Waals surface area contributed by atoms with Crippen LogP contribution in [-0.2, 0) is 7.05 Å². The van der Waals surface area contributed by atoms with Crippen LogP contribution in [0.1, 0.15) is 29.0 Å².